The Morgan fingerprint density at radius 1 is 1.35 bits per heavy atom. The molecule has 5 nitrogen and oxygen atoms in total. The summed E-state index contributed by atoms with van der Waals surface area (Å²) in [5.41, 5.74) is 1.53. The third kappa shape index (κ3) is 3.05. The zero-order chi connectivity index (χ0) is 14.5. The molecule has 1 aromatic heterocycles. The van der Waals surface area contributed by atoms with E-state index in [4.69, 9.17) is 4.74 Å². The second kappa shape index (κ2) is 6.34. The molecule has 0 saturated carbocycles. The SMILES string of the molecule is COCCNC(=O)Cn1c(=O)cc(C)c2ccccc21. The fraction of sp³-hybridized carbons (Fsp3) is 0.333. The Hall–Kier alpha value is -2.14. The first-order valence-corrected chi connectivity index (χ1v) is 6.48. The van der Waals surface area contributed by atoms with E-state index in [0.29, 0.717) is 13.2 Å². The van der Waals surface area contributed by atoms with Crippen LogP contribution in [0.15, 0.2) is 35.1 Å². The number of carbonyl (C=O) groups is 1. The Balaban J connectivity index is 2.30. The quantitative estimate of drug-likeness (QED) is 0.830. The van der Waals surface area contributed by atoms with Gasteiger partial charge in [0.2, 0.25) is 5.91 Å². The van der Waals surface area contributed by atoms with Gasteiger partial charge in [-0.15, -0.1) is 0 Å². The molecule has 1 aromatic carbocycles. The van der Waals surface area contributed by atoms with Crippen LogP contribution < -0.4 is 10.9 Å². The predicted octanol–water partition coefficient (Wildman–Crippen LogP) is 1.07. The van der Waals surface area contributed by atoms with E-state index in [9.17, 15) is 9.59 Å². The van der Waals surface area contributed by atoms with Crippen LogP contribution in [0.1, 0.15) is 5.56 Å². The maximum atomic E-state index is 12.1. The molecule has 2 aromatic rings. The lowest BCUT2D eigenvalue weighted by molar-refractivity contribution is -0.121. The Labute approximate surface area is 117 Å². The van der Waals surface area contributed by atoms with Crippen LogP contribution in [-0.2, 0) is 16.1 Å². The van der Waals surface area contributed by atoms with Gasteiger partial charge in [-0.2, -0.15) is 0 Å². The number of nitrogens with zero attached hydrogens (tertiary/aromatic N) is 1. The van der Waals surface area contributed by atoms with Crippen molar-refractivity contribution >= 4 is 16.8 Å². The highest BCUT2D eigenvalue weighted by Gasteiger charge is 2.09. The standard InChI is InChI=1S/C15H18N2O3/c1-11-9-15(19)17(10-14(18)16-7-8-20-2)13-6-4-3-5-12(11)13/h3-6,9H,7-8,10H2,1-2H3,(H,16,18). The molecule has 106 valence electrons. The second-order valence-electron chi connectivity index (χ2n) is 4.61. The van der Waals surface area contributed by atoms with Crippen molar-refractivity contribution in [3.8, 4) is 0 Å². The van der Waals surface area contributed by atoms with Crippen LogP contribution in [0, 0.1) is 6.92 Å². The number of aromatic nitrogens is 1. The summed E-state index contributed by atoms with van der Waals surface area (Å²) in [4.78, 5) is 23.9. The van der Waals surface area contributed by atoms with E-state index in [0.717, 1.165) is 16.5 Å². The van der Waals surface area contributed by atoms with E-state index in [2.05, 4.69) is 5.32 Å². The van der Waals surface area contributed by atoms with Crippen LogP contribution in [0.5, 0.6) is 0 Å². The van der Waals surface area contributed by atoms with Crippen molar-refractivity contribution in [2.45, 2.75) is 13.5 Å². The Morgan fingerprint density at radius 3 is 2.85 bits per heavy atom. The molecule has 0 unspecified atom stereocenters. The van der Waals surface area contributed by atoms with E-state index in [1.807, 2.05) is 31.2 Å². The zero-order valence-corrected chi connectivity index (χ0v) is 11.7. The van der Waals surface area contributed by atoms with Crippen LogP contribution in [0.4, 0.5) is 0 Å². The fourth-order valence-corrected chi connectivity index (χ4v) is 2.16. The van der Waals surface area contributed by atoms with Gasteiger partial charge in [0.1, 0.15) is 6.54 Å². The van der Waals surface area contributed by atoms with Gasteiger partial charge in [-0.1, -0.05) is 18.2 Å². The van der Waals surface area contributed by atoms with Crippen LogP contribution in [0.25, 0.3) is 10.9 Å². The minimum Gasteiger partial charge on any atom is -0.383 e. The summed E-state index contributed by atoms with van der Waals surface area (Å²) in [5, 5.41) is 3.70. The number of fused-ring (bicyclic) bond motifs is 1. The Morgan fingerprint density at radius 2 is 2.10 bits per heavy atom. The third-order valence-electron chi connectivity index (χ3n) is 3.16. The maximum absolute atomic E-state index is 12.1. The van der Waals surface area contributed by atoms with Crippen molar-refractivity contribution < 1.29 is 9.53 Å². The Bertz CT molecular complexity index is 676. The summed E-state index contributed by atoms with van der Waals surface area (Å²) in [5.74, 6) is -0.196. The molecule has 0 radical (unpaired) electrons. The van der Waals surface area contributed by atoms with Crippen LogP contribution in [0.3, 0.4) is 0 Å². The van der Waals surface area contributed by atoms with Gasteiger partial charge in [0.15, 0.2) is 0 Å². The number of para-hydroxylation sites is 1. The summed E-state index contributed by atoms with van der Waals surface area (Å²) in [6.07, 6.45) is 0. The number of ether oxygens (including phenoxy) is 1. The molecule has 20 heavy (non-hydrogen) atoms. The van der Waals surface area contributed by atoms with Gasteiger partial charge >= 0.3 is 0 Å². The number of benzene rings is 1. The molecule has 1 heterocycles. The molecule has 0 spiro atoms. The van der Waals surface area contributed by atoms with Crippen LogP contribution in [-0.4, -0.2) is 30.7 Å². The molecule has 0 atom stereocenters. The second-order valence-corrected chi connectivity index (χ2v) is 4.61. The highest BCUT2D eigenvalue weighted by molar-refractivity contribution is 5.84. The third-order valence-corrected chi connectivity index (χ3v) is 3.16. The molecule has 2 rings (SSSR count). The molecular weight excluding hydrogens is 256 g/mol. The molecule has 1 amide bonds. The summed E-state index contributed by atoms with van der Waals surface area (Å²) in [7, 11) is 1.57. The van der Waals surface area contributed by atoms with Gasteiger partial charge in [-0.05, 0) is 18.6 Å². The van der Waals surface area contributed by atoms with Gasteiger partial charge in [0.25, 0.3) is 5.56 Å². The summed E-state index contributed by atoms with van der Waals surface area (Å²) in [6, 6.07) is 9.14. The van der Waals surface area contributed by atoms with Crippen molar-refractivity contribution in [2.24, 2.45) is 0 Å². The fourth-order valence-electron chi connectivity index (χ4n) is 2.16. The predicted molar refractivity (Wildman–Crippen MR) is 77.8 cm³/mol. The molecule has 0 aliphatic carbocycles. The number of hydrogen-bond donors (Lipinski definition) is 1. The topological polar surface area (TPSA) is 60.3 Å². The van der Waals surface area contributed by atoms with Crippen LogP contribution in [0.2, 0.25) is 0 Å². The number of rotatable bonds is 5. The molecular formula is C15H18N2O3. The summed E-state index contributed by atoms with van der Waals surface area (Å²) in [6.45, 7) is 2.80. The van der Waals surface area contributed by atoms with E-state index in [1.165, 1.54) is 4.57 Å². The lowest BCUT2D eigenvalue weighted by atomic mass is 10.1. The van der Waals surface area contributed by atoms with Gasteiger partial charge in [0.05, 0.1) is 12.1 Å². The molecule has 0 saturated heterocycles. The number of carbonyl (C=O) groups excluding carboxylic acids is 1. The Kier molecular flexibility index (Phi) is 4.53. The maximum Gasteiger partial charge on any atom is 0.251 e. The van der Waals surface area contributed by atoms with Crippen molar-refractivity contribution in [2.75, 3.05) is 20.3 Å². The average molecular weight is 274 g/mol. The molecule has 1 N–H and O–H groups in total. The van der Waals surface area contributed by atoms with E-state index in [-0.39, 0.29) is 18.0 Å². The number of aryl methyl sites for hydroxylation is 1. The molecule has 0 fully saturated rings. The van der Waals surface area contributed by atoms with Gasteiger partial charge in [0, 0.05) is 25.1 Å². The number of nitrogens with one attached hydrogen (secondary N) is 1. The van der Waals surface area contributed by atoms with E-state index in [1.54, 1.807) is 13.2 Å². The van der Waals surface area contributed by atoms with Crippen molar-refractivity contribution in [1.29, 1.82) is 0 Å². The smallest absolute Gasteiger partial charge is 0.251 e. The first-order chi connectivity index (χ1) is 9.63. The number of pyridine rings is 1. The van der Waals surface area contributed by atoms with E-state index >= 15 is 0 Å². The van der Waals surface area contributed by atoms with Gasteiger partial charge < -0.3 is 10.1 Å². The molecule has 0 bridgehead atoms. The highest BCUT2D eigenvalue weighted by atomic mass is 16.5. The molecule has 5 heteroatoms. The largest absolute Gasteiger partial charge is 0.383 e. The highest BCUT2D eigenvalue weighted by Crippen LogP contribution is 2.15. The first kappa shape index (κ1) is 14.3. The average Bonchev–Trinajstić information content (AvgIpc) is 2.44. The summed E-state index contributed by atoms with van der Waals surface area (Å²) >= 11 is 0. The molecule has 0 aliphatic heterocycles. The first-order valence-electron chi connectivity index (χ1n) is 6.48. The number of hydrogen-bond acceptors (Lipinski definition) is 3. The monoisotopic (exact) mass is 274 g/mol. The zero-order valence-electron chi connectivity index (χ0n) is 11.7. The molecule has 0 aliphatic rings. The van der Waals surface area contributed by atoms with Crippen molar-refractivity contribution in [3.05, 3.63) is 46.2 Å². The minimum absolute atomic E-state index is 0.0172. The number of amides is 1. The van der Waals surface area contributed by atoms with E-state index < -0.39 is 0 Å². The van der Waals surface area contributed by atoms with Gasteiger partial charge in [-0.25, -0.2) is 0 Å². The van der Waals surface area contributed by atoms with Crippen molar-refractivity contribution in [1.82, 2.24) is 9.88 Å². The lowest BCUT2D eigenvalue weighted by Gasteiger charge is -2.12. The lowest BCUT2D eigenvalue weighted by Crippen LogP contribution is -2.34. The van der Waals surface area contributed by atoms with Crippen molar-refractivity contribution in [3.63, 3.8) is 0 Å². The van der Waals surface area contributed by atoms with Gasteiger partial charge in [-0.3, -0.25) is 14.2 Å². The minimum atomic E-state index is -0.196. The number of methoxy groups -OCH3 is 1. The normalized spacial score (nSPS) is 10.7. The van der Waals surface area contributed by atoms with Crippen LogP contribution >= 0.6 is 0 Å². The summed E-state index contributed by atoms with van der Waals surface area (Å²) < 4.78 is 6.36.